The van der Waals surface area contributed by atoms with Crippen molar-refractivity contribution in [2.75, 3.05) is 0 Å². The first kappa shape index (κ1) is 18.7. The number of hydrogen-bond donors (Lipinski definition) is 1. The average molecular weight is 435 g/mol. The number of fused-ring (bicyclic) bond motifs is 1. The molecule has 0 aliphatic heterocycles. The molecule has 1 aromatic heterocycles. The van der Waals surface area contributed by atoms with Crippen LogP contribution >= 0.6 is 15.9 Å². The summed E-state index contributed by atoms with van der Waals surface area (Å²) in [7, 11) is -3.79. The highest BCUT2D eigenvalue weighted by molar-refractivity contribution is 9.10. The Bertz CT molecular complexity index is 1090. The molecule has 2 N–H and O–H groups in total. The van der Waals surface area contributed by atoms with Gasteiger partial charge in [-0.25, -0.2) is 12.4 Å². The molecule has 26 heavy (non-hydrogen) atoms. The molecule has 0 spiro atoms. The van der Waals surface area contributed by atoms with Crippen LogP contribution in [-0.4, -0.2) is 18.3 Å². The average Bonchev–Trinajstić information content (AvgIpc) is 3.00. The summed E-state index contributed by atoms with van der Waals surface area (Å²) in [6.45, 7) is 3.75. The lowest BCUT2D eigenvalue weighted by Gasteiger charge is -2.16. The maximum Gasteiger partial charge on any atom is 0.268 e. The van der Waals surface area contributed by atoms with Gasteiger partial charge in [-0.05, 0) is 49.2 Å². The molecule has 0 bridgehead atoms. The number of aromatic nitrogens is 1. The topological polar surface area (TPSA) is 82.2 Å². The van der Waals surface area contributed by atoms with E-state index in [1.54, 1.807) is 36.4 Å². The van der Waals surface area contributed by atoms with Crippen molar-refractivity contribution in [3.8, 4) is 0 Å². The minimum absolute atomic E-state index is 0.196. The van der Waals surface area contributed by atoms with Crippen LogP contribution in [0.3, 0.4) is 0 Å². The largest absolute Gasteiger partial charge is 0.369 e. The van der Waals surface area contributed by atoms with Crippen LogP contribution in [0.1, 0.15) is 30.4 Å². The normalized spacial score (nSPS) is 13.0. The van der Waals surface area contributed by atoms with Crippen molar-refractivity contribution in [3.63, 3.8) is 0 Å². The SMILES string of the molecule is CCC(C(N)=O)c1cc(Br)cc2ccn(S(=O)(=O)c3ccc(C)cc3)c12. The minimum Gasteiger partial charge on any atom is -0.369 e. The van der Waals surface area contributed by atoms with Gasteiger partial charge >= 0.3 is 0 Å². The number of halogens is 1. The van der Waals surface area contributed by atoms with Crippen LogP contribution in [0.2, 0.25) is 0 Å². The number of nitrogens with zero attached hydrogens (tertiary/aromatic N) is 1. The van der Waals surface area contributed by atoms with Gasteiger partial charge in [0.2, 0.25) is 5.91 Å². The molecule has 0 radical (unpaired) electrons. The second-order valence-corrected chi connectivity index (χ2v) is 8.96. The maximum absolute atomic E-state index is 13.2. The monoisotopic (exact) mass is 434 g/mol. The highest BCUT2D eigenvalue weighted by Crippen LogP contribution is 2.34. The zero-order valence-electron chi connectivity index (χ0n) is 14.4. The van der Waals surface area contributed by atoms with Gasteiger partial charge in [0.05, 0.1) is 16.3 Å². The van der Waals surface area contributed by atoms with Crippen molar-refractivity contribution in [2.45, 2.75) is 31.1 Å². The van der Waals surface area contributed by atoms with E-state index in [-0.39, 0.29) is 4.90 Å². The molecule has 5 nitrogen and oxygen atoms in total. The first-order chi connectivity index (χ1) is 12.3. The van der Waals surface area contributed by atoms with Gasteiger partial charge in [0.15, 0.2) is 0 Å². The number of benzene rings is 2. The van der Waals surface area contributed by atoms with Gasteiger partial charge in [-0.3, -0.25) is 4.79 Å². The number of amides is 1. The van der Waals surface area contributed by atoms with Crippen LogP contribution in [0.5, 0.6) is 0 Å². The number of nitrogens with two attached hydrogens (primary N) is 1. The molecule has 1 unspecified atom stereocenters. The van der Waals surface area contributed by atoms with Crippen molar-refractivity contribution in [1.29, 1.82) is 0 Å². The lowest BCUT2D eigenvalue weighted by atomic mass is 9.94. The molecule has 1 heterocycles. The van der Waals surface area contributed by atoms with Crippen molar-refractivity contribution in [2.24, 2.45) is 5.73 Å². The highest BCUT2D eigenvalue weighted by Gasteiger charge is 2.25. The molecule has 3 aromatic rings. The molecular weight excluding hydrogens is 416 g/mol. The Morgan fingerprint density at radius 1 is 1.19 bits per heavy atom. The molecule has 7 heteroatoms. The zero-order valence-corrected chi connectivity index (χ0v) is 16.8. The second-order valence-electron chi connectivity index (χ2n) is 6.23. The number of primary amides is 1. The van der Waals surface area contributed by atoms with Crippen molar-refractivity contribution >= 4 is 42.8 Å². The quantitative estimate of drug-likeness (QED) is 0.660. The van der Waals surface area contributed by atoms with Crippen LogP contribution in [0, 0.1) is 6.92 Å². The van der Waals surface area contributed by atoms with Crippen molar-refractivity contribution in [3.05, 3.63) is 64.3 Å². The number of carbonyl (C=O) groups is 1. The van der Waals surface area contributed by atoms with Crippen molar-refractivity contribution in [1.82, 2.24) is 3.97 Å². The van der Waals surface area contributed by atoms with E-state index in [0.717, 1.165) is 15.4 Å². The Morgan fingerprint density at radius 2 is 1.85 bits per heavy atom. The van der Waals surface area contributed by atoms with E-state index in [2.05, 4.69) is 15.9 Å². The summed E-state index contributed by atoms with van der Waals surface area (Å²) in [6, 6.07) is 12.0. The number of carbonyl (C=O) groups excluding carboxylic acids is 1. The highest BCUT2D eigenvalue weighted by atomic mass is 79.9. The Labute approximate surface area is 161 Å². The van der Waals surface area contributed by atoms with E-state index in [9.17, 15) is 13.2 Å². The summed E-state index contributed by atoms with van der Waals surface area (Å²) in [5.74, 6) is -1.05. The number of hydrogen-bond acceptors (Lipinski definition) is 3. The standard InChI is InChI=1S/C19H19BrN2O3S/c1-3-16(19(21)23)17-11-14(20)10-13-8-9-22(18(13)17)26(24,25)15-6-4-12(2)5-7-15/h4-11,16H,3H2,1-2H3,(H2,21,23). The van der Waals surface area contributed by atoms with E-state index in [4.69, 9.17) is 5.73 Å². The third-order valence-corrected chi connectivity index (χ3v) is 6.60. The van der Waals surface area contributed by atoms with Crippen LogP contribution in [0.15, 0.2) is 58.0 Å². The van der Waals surface area contributed by atoms with E-state index in [0.29, 0.717) is 17.5 Å². The van der Waals surface area contributed by atoms with Crippen LogP contribution in [0.4, 0.5) is 0 Å². The summed E-state index contributed by atoms with van der Waals surface area (Å²) >= 11 is 3.43. The smallest absolute Gasteiger partial charge is 0.268 e. The summed E-state index contributed by atoms with van der Waals surface area (Å²) in [5.41, 5.74) is 7.63. The summed E-state index contributed by atoms with van der Waals surface area (Å²) in [6.07, 6.45) is 2.00. The number of rotatable bonds is 5. The molecule has 0 saturated heterocycles. The van der Waals surface area contributed by atoms with E-state index >= 15 is 0 Å². The Hall–Kier alpha value is -2.12. The van der Waals surface area contributed by atoms with Crippen LogP contribution < -0.4 is 5.73 Å². The first-order valence-electron chi connectivity index (χ1n) is 8.17. The number of aryl methyl sites for hydroxylation is 1. The van der Waals surface area contributed by atoms with Gasteiger partial charge in [-0.1, -0.05) is 40.5 Å². The minimum atomic E-state index is -3.79. The predicted molar refractivity (Wildman–Crippen MR) is 106 cm³/mol. The summed E-state index contributed by atoms with van der Waals surface area (Å²) < 4.78 is 28.4. The molecule has 2 aromatic carbocycles. The van der Waals surface area contributed by atoms with Crippen LogP contribution in [0.25, 0.3) is 10.9 Å². The van der Waals surface area contributed by atoms with Crippen molar-refractivity contribution < 1.29 is 13.2 Å². The van der Waals surface area contributed by atoms with E-state index < -0.39 is 21.8 Å². The van der Waals surface area contributed by atoms with E-state index in [1.165, 1.54) is 10.2 Å². The Balaban J connectivity index is 2.31. The van der Waals surface area contributed by atoms with E-state index in [1.807, 2.05) is 19.9 Å². The summed E-state index contributed by atoms with van der Waals surface area (Å²) in [5, 5.41) is 0.727. The molecule has 0 fully saturated rings. The van der Waals surface area contributed by atoms with Gasteiger partial charge in [0.25, 0.3) is 10.0 Å². The molecule has 1 atom stereocenters. The second kappa shape index (κ2) is 6.89. The van der Waals surface area contributed by atoms with Gasteiger partial charge in [0.1, 0.15) is 0 Å². The molecule has 0 aliphatic carbocycles. The fraction of sp³-hybridized carbons (Fsp3) is 0.211. The Morgan fingerprint density at radius 3 is 2.42 bits per heavy atom. The molecule has 0 saturated carbocycles. The molecule has 136 valence electrons. The molecule has 3 rings (SSSR count). The predicted octanol–water partition coefficient (Wildman–Crippen LogP) is 3.93. The molecule has 0 aliphatic rings. The molecule has 1 amide bonds. The van der Waals surface area contributed by atoms with Gasteiger partial charge < -0.3 is 5.73 Å². The third kappa shape index (κ3) is 3.17. The lowest BCUT2D eigenvalue weighted by Crippen LogP contribution is -2.22. The molecular formula is C19H19BrN2O3S. The zero-order chi connectivity index (χ0) is 19.1. The van der Waals surface area contributed by atoms with Crippen LogP contribution in [-0.2, 0) is 14.8 Å². The first-order valence-corrected chi connectivity index (χ1v) is 10.4. The Kier molecular flexibility index (Phi) is 4.94. The van der Waals surface area contributed by atoms with Gasteiger partial charge in [-0.2, -0.15) is 0 Å². The fourth-order valence-electron chi connectivity index (χ4n) is 3.11. The fourth-order valence-corrected chi connectivity index (χ4v) is 4.98. The van der Waals surface area contributed by atoms with Gasteiger partial charge in [-0.15, -0.1) is 0 Å². The van der Waals surface area contributed by atoms with Gasteiger partial charge in [0, 0.05) is 16.1 Å². The lowest BCUT2D eigenvalue weighted by molar-refractivity contribution is -0.119. The third-order valence-electron chi connectivity index (χ3n) is 4.45. The summed E-state index contributed by atoms with van der Waals surface area (Å²) in [4.78, 5) is 12.1. The maximum atomic E-state index is 13.2.